The topological polar surface area (TPSA) is 103 Å². The molecule has 0 radical (unpaired) electrons. The van der Waals surface area contributed by atoms with Crippen LogP contribution in [0, 0.1) is 0 Å². The lowest BCUT2D eigenvalue weighted by atomic mass is 10.1. The van der Waals surface area contributed by atoms with E-state index in [-0.39, 0.29) is 5.91 Å². The Kier molecular flexibility index (Phi) is 4.78. The molecule has 0 unspecified atom stereocenters. The van der Waals surface area contributed by atoms with E-state index in [1.54, 1.807) is 6.20 Å². The van der Waals surface area contributed by atoms with E-state index >= 15 is 0 Å². The Morgan fingerprint density at radius 2 is 2.22 bits per heavy atom. The first-order valence-corrected chi connectivity index (χ1v) is 8.83. The van der Waals surface area contributed by atoms with Crippen molar-refractivity contribution >= 4 is 5.91 Å². The lowest BCUT2D eigenvalue weighted by Gasteiger charge is -2.10. The van der Waals surface area contributed by atoms with Gasteiger partial charge in [0.15, 0.2) is 0 Å². The maximum absolute atomic E-state index is 12.5. The SMILES string of the molecule is COc1nc2c(cc1C(=O)NCCc1nc(-c3ccccn3)no1)CCC2. The summed E-state index contributed by atoms with van der Waals surface area (Å²) in [5.74, 6) is 1.01. The number of amides is 1. The van der Waals surface area contributed by atoms with E-state index in [0.29, 0.717) is 41.8 Å². The van der Waals surface area contributed by atoms with Crippen LogP contribution < -0.4 is 10.1 Å². The number of hydrogen-bond acceptors (Lipinski definition) is 7. The molecule has 0 atom stereocenters. The molecule has 3 aromatic rings. The van der Waals surface area contributed by atoms with Crippen LogP contribution in [0.2, 0.25) is 0 Å². The van der Waals surface area contributed by atoms with E-state index in [1.807, 2.05) is 24.3 Å². The molecule has 1 N–H and O–H groups in total. The van der Waals surface area contributed by atoms with Gasteiger partial charge in [0.1, 0.15) is 11.3 Å². The van der Waals surface area contributed by atoms with Crippen molar-refractivity contribution in [2.45, 2.75) is 25.7 Å². The molecule has 1 amide bonds. The summed E-state index contributed by atoms with van der Waals surface area (Å²) in [5, 5.41) is 6.78. The fourth-order valence-electron chi connectivity index (χ4n) is 3.11. The van der Waals surface area contributed by atoms with E-state index in [0.717, 1.165) is 30.5 Å². The third kappa shape index (κ3) is 3.64. The average Bonchev–Trinajstić information content (AvgIpc) is 3.36. The van der Waals surface area contributed by atoms with E-state index in [4.69, 9.17) is 9.26 Å². The summed E-state index contributed by atoms with van der Waals surface area (Å²) in [6.45, 7) is 0.364. The van der Waals surface area contributed by atoms with Crippen LogP contribution in [0.3, 0.4) is 0 Å². The summed E-state index contributed by atoms with van der Waals surface area (Å²) in [7, 11) is 1.53. The lowest BCUT2D eigenvalue weighted by Crippen LogP contribution is -2.26. The largest absolute Gasteiger partial charge is 0.480 e. The van der Waals surface area contributed by atoms with Crippen LogP contribution >= 0.6 is 0 Å². The first-order valence-electron chi connectivity index (χ1n) is 8.83. The van der Waals surface area contributed by atoms with Gasteiger partial charge < -0.3 is 14.6 Å². The fourth-order valence-corrected chi connectivity index (χ4v) is 3.11. The van der Waals surface area contributed by atoms with Crippen molar-refractivity contribution in [2.24, 2.45) is 0 Å². The Labute approximate surface area is 156 Å². The number of pyridine rings is 2. The second-order valence-corrected chi connectivity index (χ2v) is 6.24. The van der Waals surface area contributed by atoms with Gasteiger partial charge in [-0.3, -0.25) is 9.78 Å². The number of fused-ring (bicyclic) bond motifs is 1. The van der Waals surface area contributed by atoms with Gasteiger partial charge in [-0.15, -0.1) is 0 Å². The van der Waals surface area contributed by atoms with Crippen LogP contribution in [0.15, 0.2) is 35.0 Å². The zero-order valence-electron chi connectivity index (χ0n) is 14.9. The Hall–Kier alpha value is -3.29. The van der Waals surface area contributed by atoms with E-state index in [9.17, 15) is 4.79 Å². The van der Waals surface area contributed by atoms with Gasteiger partial charge in [0.25, 0.3) is 5.91 Å². The molecule has 138 valence electrons. The Bertz CT molecular complexity index is 955. The van der Waals surface area contributed by atoms with Gasteiger partial charge in [0, 0.05) is 24.9 Å². The van der Waals surface area contributed by atoms with Crippen LogP contribution in [0.25, 0.3) is 11.5 Å². The predicted octanol–water partition coefficient (Wildman–Crippen LogP) is 2.00. The van der Waals surface area contributed by atoms with Crippen molar-refractivity contribution in [1.82, 2.24) is 25.4 Å². The van der Waals surface area contributed by atoms with Crippen LogP contribution in [0.5, 0.6) is 5.88 Å². The molecule has 1 aliphatic carbocycles. The number of aryl methyl sites for hydroxylation is 2. The summed E-state index contributed by atoms with van der Waals surface area (Å²) < 4.78 is 10.5. The number of nitrogens with one attached hydrogen (secondary N) is 1. The molecule has 0 saturated heterocycles. The summed E-state index contributed by atoms with van der Waals surface area (Å²) in [4.78, 5) is 25.5. The maximum Gasteiger partial charge on any atom is 0.256 e. The number of nitrogens with zero attached hydrogens (tertiary/aromatic N) is 4. The molecule has 4 rings (SSSR count). The van der Waals surface area contributed by atoms with Crippen molar-refractivity contribution in [2.75, 3.05) is 13.7 Å². The van der Waals surface area contributed by atoms with Crippen molar-refractivity contribution in [3.63, 3.8) is 0 Å². The number of aromatic nitrogens is 4. The highest BCUT2D eigenvalue weighted by Gasteiger charge is 2.21. The highest BCUT2D eigenvalue weighted by molar-refractivity contribution is 5.96. The van der Waals surface area contributed by atoms with Gasteiger partial charge >= 0.3 is 0 Å². The molecule has 3 heterocycles. The molecule has 8 heteroatoms. The first-order chi connectivity index (χ1) is 13.2. The standard InChI is InChI=1S/C19H19N5O3/c1-26-19-13(11-12-5-4-7-14(12)22-19)18(25)21-10-8-16-23-17(24-27-16)15-6-2-3-9-20-15/h2-3,6,9,11H,4-5,7-8,10H2,1H3,(H,21,25). The van der Waals surface area contributed by atoms with Crippen molar-refractivity contribution in [1.29, 1.82) is 0 Å². The summed E-state index contributed by atoms with van der Waals surface area (Å²) in [6.07, 6.45) is 5.04. The van der Waals surface area contributed by atoms with Gasteiger partial charge in [-0.2, -0.15) is 4.98 Å². The predicted molar refractivity (Wildman–Crippen MR) is 96.4 cm³/mol. The molecule has 0 saturated carbocycles. The monoisotopic (exact) mass is 365 g/mol. The Balaban J connectivity index is 1.38. The van der Waals surface area contributed by atoms with E-state index < -0.39 is 0 Å². The molecule has 3 aromatic heterocycles. The molecule has 0 aromatic carbocycles. The minimum Gasteiger partial charge on any atom is -0.480 e. The molecule has 1 aliphatic rings. The minimum atomic E-state index is -0.224. The molecular weight excluding hydrogens is 346 g/mol. The number of ether oxygens (including phenoxy) is 1. The Morgan fingerprint density at radius 3 is 3.04 bits per heavy atom. The molecule has 27 heavy (non-hydrogen) atoms. The molecule has 0 bridgehead atoms. The zero-order chi connectivity index (χ0) is 18.6. The number of hydrogen-bond donors (Lipinski definition) is 1. The quantitative estimate of drug-likeness (QED) is 0.712. The second kappa shape index (κ2) is 7.53. The third-order valence-electron chi connectivity index (χ3n) is 4.44. The Morgan fingerprint density at radius 1 is 1.30 bits per heavy atom. The van der Waals surface area contributed by atoms with Crippen molar-refractivity contribution in [3.05, 3.63) is 53.2 Å². The van der Waals surface area contributed by atoms with Gasteiger partial charge in [0.05, 0.1) is 7.11 Å². The highest BCUT2D eigenvalue weighted by atomic mass is 16.5. The van der Waals surface area contributed by atoms with Gasteiger partial charge in [-0.1, -0.05) is 11.2 Å². The minimum absolute atomic E-state index is 0.224. The number of rotatable bonds is 6. The summed E-state index contributed by atoms with van der Waals surface area (Å²) in [5.41, 5.74) is 3.25. The van der Waals surface area contributed by atoms with E-state index in [1.165, 1.54) is 7.11 Å². The molecule has 8 nitrogen and oxygen atoms in total. The molecule has 0 spiro atoms. The second-order valence-electron chi connectivity index (χ2n) is 6.24. The third-order valence-corrected chi connectivity index (χ3v) is 4.44. The van der Waals surface area contributed by atoms with Gasteiger partial charge in [0.2, 0.25) is 17.6 Å². The van der Waals surface area contributed by atoms with Crippen LogP contribution in [0.1, 0.15) is 33.9 Å². The van der Waals surface area contributed by atoms with Gasteiger partial charge in [-0.05, 0) is 43.0 Å². The summed E-state index contributed by atoms with van der Waals surface area (Å²) in [6, 6.07) is 7.37. The zero-order valence-corrected chi connectivity index (χ0v) is 14.9. The van der Waals surface area contributed by atoms with Crippen LogP contribution in [-0.4, -0.2) is 39.7 Å². The van der Waals surface area contributed by atoms with Gasteiger partial charge in [-0.25, -0.2) is 4.98 Å². The summed E-state index contributed by atoms with van der Waals surface area (Å²) >= 11 is 0. The van der Waals surface area contributed by atoms with Crippen molar-refractivity contribution in [3.8, 4) is 17.4 Å². The van der Waals surface area contributed by atoms with Crippen LogP contribution in [0.4, 0.5) is 0 Å². The van der Waals surface area contributed by atoms with Crippen molar-refractivity contribution < 1.29 is 14.1 Å². The first kappa shape index (κ1) is 17.1. The molecule has 0 aliphatic heterocycles. The fraction of sp³-hybridized carbons (Fsp3) is 0.316. The lowest BCUT2D eigenvalue weighted by molar-refractivity contribution is 0.0949. The van der Waals surface area contributed by atoms with Crippen LogP contribution in [-0.2, 0) is 19.3 Å². The normalized spacial score (nSPS) is 12.6. The number of carbonyl (C=O) groups is 1. The number of methoxy groups -OCH3 is 1. The molecule has 0 fully saturated rings. The average molecular weight is 365 g/mol. The molecular formula is C19H19N5O3. The highest BCUT2D eigenvalue weighted by Crippen LogP contribution is 2.26. The van der Waals surface area contributed by atoms with E-state index in [2.05, 4.69) is 25.4 Å². The maximum atomic E-state index is 12.5. The number of carbonyl (C=O) groups excluding carboxylic acids is 1. The smallest absolute Gasteiger partial charge is 0.256 e.